The van der Waals surface area contributed by atoms with Crippen molar-refractivity contribution in [2.45, 2.75) is 39.2 Å². The number of pyridine rings is 1. The summed E-state index contributed by atoms with van der Waals surface area (Å²) in [4.78, 5) is 36.5. The molecule has 0 radical (unpaired) electrons. The number of aliphatic hydroxyl groups is 1. The molecule has 2 aliphatic rings. The molecule has 1 unspecified atom stereocenters. The number of carbonyl (C=O) groups is 2. The molecule has 5 rings (SSSR count). The fraction of sp³-hybridized carbons (Fsp3) is 0.321. The molecular formula is C28H32N6O5. The van der Waals surface area contributed by atoms with Crippen LogP contribution in [0.15, 0.2) is 48.4 Å². The van der Waals surface area contributed by atoms with Crippen molar-refractivity contribution in [2.75, 3.05) is 30.3 Å². The van der Waals surface area contributed by atoms with Crippen LogP contribution in [-0.4, -0.2) is 68.2 Å². The van der Waals surface area contributed by atoms with Crippen LogP contribution in [0.5, 0.6) is 11.5 Å². The number of nitrogens with zero attached hydrogens (tertiary/aromatic N) is 4. The largest absolute Gasteiger partial charge is 0.483 e. The van der Waals surface area contributed by atoms with E-state index in [9.17, 15) is 9.90 Å². The molecule has 11 nitrogen and oxygen atoms in total. The molecule has 204 valence electrons. The van der Waals surface area contributed by atoms with Crippen LogP contribution >= 0.6 is 0 Å². The summed E-state index contributed by atoms with van der Waals surface area (Å²) in [5.41, 5.74) is 4.14. The Morgan fingerprint density at radius 1 is 1.21 bits per heavy atom. The Morgan fingerprint density at radius 3 is 2.74 bits per heavy atom. The topological polar surface area (TPSA) is 150 Å². The first-order chi connectivity index (χ1) is 18.9. The average Bonchev–Trinajstić information content (AvgIpc) is 3.15. The minimum absolute atomic E-state index is 0.0406. The second-order valence-electron chi connectivity index (χ2n) is 9.33. The molecule has 4 heterocycles. The van der Waals surface area contributed by atoms with Gasteiger partial charge in [-0.1, -0.05) is 0 Å². The van der Waals surface area contributed by atoms with Crippen molar-refractivity contribution in [2.24, 2.45) is 0 Å². The lowest BCUT2D eigenvalue weighted by molar-refractivity contribution is -0.130. The number of nitrogens with one attached hydrogen (secondary N) is 2. The van der Waals surface area contributed by atoms with Gasteiger partial charge in [0.25, 0.3) is 6.47 Å². The normalized spacial score (nSPS) is 16.3. The molecule has 2 aromatic heterocycles. The first-order valence-electron chi connectivity index (χ1n) is 12.7. The molecule has 11 heteroatoms. The van der Waals surface area contributed by atoms with Crippen molar-refractivity contribution in [1.29, 1.82) is 0 Å². The van der Waals surface area contributed by atoms with E-state index in [1.807, 2.05) is 50.3 Å². The first kappa shape index (κ1) is 27.5. The molecule has 1 aromatic carbocycles. The summed E-state index contributed by atoms with van der Waals surface area (Å²) in [5, 5.41) is 23.6. The van der Waals surface area contributed by atoms with Gasteiger partial charge >= 0.3 is 0 Å². The van der Waals surface area contributed by atoms with E-state index in [2.05, 4.69) is 25.6 Å². The molecule has 1 saturated heterocycles. The van der Waals surface area contributed by atoms with Gasteiger partial charge in [0.2, 0.25) is 5.91 Å². The highest BCUT2D eigenvalue weighted by atomic mass is 16.5. The Kier molecular flexibility index (Phi) is 9.06. The van der Waals surface area contributed by atoms with Crippen LogP contribution in [0.2, 0.25) is 0 Å². The lowest BCUT2D eigenvalue weighted by Crippen LogP contribution is -2.42. The number of likely N-dealkylation sites (tertiary alicyclic amines) is 1. The van der Waals surface area contributed by atoms with Gasteiger partial charge < -0.3 is 30.5 Å². The molecular weight excluding hydrogens is 500 g/mol. The summed E-state index contributed by atoms with van der Waals surface area (Å²) >= 11 is 0. The summed E-state index contributed by atoms with van der Waals surface area (Å²) in [6.45, 7) is 5.30. The van der Waals surface area contributed by atoms with Crippen LogP contribution in [0.4, 0.5) is 17.3 Å². The number of fused-ring (bicyclic) bond motifs is 1. The zero-order chi connectivity index (χ0) is 27.8. The number of β-amino-alcohol motifs (C(OH)–C–C–N with tert-alkyl or cyclic N) is 1. The average molecular weight is 533 g/mol. The Balaban J connectivity index is 0.00000112. The second kappa shape index (κ2) is 12.8. The number of aryl methyl sites for hydroxylation is 2. The van der Waals surface area contributed by atoms with E-state index in [1.165, 1.54) is 6.33 Å². The Hall–Kier alpha value is -4.51. The molecule has 1 fully saturated rings. The van der Waals surface area contributed by atoms with E-state index in [4.69, 9.17) is 14.6 Å². The summed E-state index contributed by atoms with van der Waals surface area (Å²) in [5.74, 6) is 2.67. The molecule has 39 heavy (non-hydrogen) atoms. The van der Waals surface area contributed by atoms with Crippen molar-refractivity contribution in [3.05, 3.63) is 65.2 Å². The van der Waals surface area contributed by atoms with E-state index in [-0.39, 0.29) is 12.4 Å². The fourth-order valence-electron chi connectivity index (χ4n) is 4.47. The number of ether oxygens (including phenoxy) is 1. The number of rotatable bonds is 5. The highest BCUT2D eigenvalue weighted by Gasteiger charge is 2.26. The third-order valence-electron chi connectivity index (χ3n) is 6.40. The molecule has 1 amide bonds. The maximum Gasteiger partial charge on any atom is 0.290 e. The van der Waals surface area contributed by atoms with E-state index in [1.54, 1.807) is 11.1 Å². The summed E-state index contributed by atoms with van der Waals surface area (Å²) in [6.07, 6.45) is 6.74. The number of aromatic nitrogens is 3. The molecule has 3 aromatic rings. The van der Waals surface area contributed by atoms with Crippen LogP contribution in [0.25, 0.3) is 6.08 Å². The third-order valence-corrected chi connectivity index (χ3v) is 6.40. The number of amides is 1. The third kappa shape index (κ3) is 7.08. The lowest BCUT2D eigenvalue weighted by Gasteiger charge is -2.30. The molecule has 0 aliphatic carbocycles. The lowest BCUT2D eigenvalue weighted by atomic mass is 10.0. The fourth-order valence-corrected chi connectivity index (χ4v) is 4.47. The summed E-state index contributed by atoms with van der Waals surface area (Å²) < 4.78 is 5.99. The summed E-state index contributed by atoms with van der Waals surface area (Å²) in [6, 6.07) is 9.62. The summed E-state index contributed by atoms with van der Waals surface area (Å²) in [7, 11) is 0. The molecule has 0 saturated carbocycles. The van der Waals surface area contributed by atoms with Gasteiger partial charge in [-0.05, 0) is 75.1 Å². The highest BCUT2D eigenvalue weighted by Crippen LogP contribution is 2.32. The molecule has 1 atom stereocenters. The molecule has 0 spiro atoms. The zero-order valence-corrected chi connectivity index (χ0v) is 21.9. The van der Waals surface area contributed by atoms with Gasteiger partial charge in [0.05, 0.1) is 17.9 Å². The number of anilines is 3. The van der Waals surface area contributed by atoms with Gasteiger partial charge in [0.15, 0.2) is 0 Å². The number of carboxylic acid groups (broad SMARTS) is 1. The van der Waals surface area contributed by atoms with E-state index in [0.717, 1.165) is 41.1 Å². The van der Waals surface area contributed by atoms with Gasteiger partial charge in [-0.3, -0.25) is 14.6 Å². The van der Waals surface area contributed by atoms with Crippen LogP contribution in [0.1, 0.15) is 36.1 Å². The maximum atomic E-state index is 13.2. The second-order valence-corrected chi connectivity index (χ2v) is 9.33. The Labute approximate surface area is 226 Å². The monoisotopic (exact) mass is 532 g/mol. The van der Waals surface area contributed by atoms with Gasteiger partial charge in [-0.25, -0.2) is 9.97 Å². The molecule has 2 aliphatic heterocycles. The van der Waals surface area contributed by atoms with Gasteiger partial charge in [0, 0.05) is 36.6 Å². The highest BCUT2D eigenvalue weighted by molar-refractivity contribution is 6.00. The van der Waals surface area contributed by atoms with Crippen molar-refractivity contribution in [1.82, 2.24) is 19.9 Å². The number of aliphatic hydroxyl groups excluding tert-OH is 1. The Morgan fingerprint density at radius 2 is 2.03 bits per heavy atom. The number of hydrogen-bond acceptors (Lipinski definition) is 9. The first-order valence-corrected chi connectivity index (χ1v) is 12.7. The number of carbonyl (C=O) groups excluding carboxylic acids is 1. The predicted molar refractivity (Wildman–Crippen MR) is 147 cm³/mol. The van der Waals surface area contributed by atoms with Crippen molar-refractivity contribution < 1.29 is 24.5 Å². The zero-order valence-electron chi connectivity index (χ0n) is 21.9. The van der Waals surface area contributed by atoms with Crippen LogP contribution in [-0.2, 0) is 9.59 Å². The van der Waals surface area contributed by atoms with E-state index < -0.39 is 6.10 Å². The number of hydrogen-bond donors (Lipinski definition) is 4. The van der Waals surface area contributed by atoms with Crippen LogP contribution in [0.3, 0.4) is 0 Å². The van der Waals surface area contributed by atoms with Gasteiger partial charge in [0.1, 0.15) is 29.5 Å². The molecule has 0 bridgehead atoms. The van der Waals surface area contributed by atoms with E-state index in [0.29, 0.717) is 49.0 Å². The maximum absolute atomic E-state index is 13.2. The van der Waals surface area contributed by atoms with E-state index >= 15 is 0 Å². The number of benzene rings is 1. The van der Waals surface area contributed by atoms with Gasteiger partial charge in [-0.2, -0.15) is 0 Å². The standard InChI is InChI=1S/C27H30N6O3.CH2O2/c1-17-12-20(6-8-24(17)36-22-7-5-18(2)29-14-22)32-26-23-13-19(9-10-28-25(23)30-16-31-26)27(35)33-11-3-4-21(34)15-33;2-1-3/h5-8,12-14,16,21,34H,3-4,9-11,15H2,1-2H3,(H2,28,30,31,32);1H,(H,2,3). The van der Waals surface area contributed by atoms with Crippen molar-refractivity contribution in [3.63, 3.8) is 0 Å². The van der Waals surface area contributed by atoms with Gasteiger partial charge in [-0.15, -0.1) is 0 Å². The smallest absolute Gasteiger partial charge is 0.290 e. The predicted octanol–water partition coefficient (Wildman–Crippen LogP) is 3.91. The number of piperidine rings is 1. The minimum atomic E-state index is -0.461. The Bertz CT molecular complexity index is 1340. The van der Waals surface area contributed by atoms with Crippen LogP contribution < -0.4 is 15.4 Å². The minimum Gasteiger partial charge on any atom is -0.483 e. The van der Waals surface area contributed by atoms with Crippen molar-refractivity contribution >= 4 is 35.8 Å². The van der Waals surface area contributed by atoms with Crippen LogP contribution in [0, 0.1) is 13.8 Å². The quantitative estimate of drug-likeness (QED) is 0.356. The van der Waals surface area contributed by atoms with Crippen molar-refractivity contribution in [3.8, 4) is 11.5 Å². The molecule has 4 N–H and O–H groups in total. The SMILES string of the molecule is Cc1ccc(Oc2ccc(Nc3ncnc4c3C=C(C(=O)N3CCCC(O)C3)CCN4)cc2C)cn1.O=CO.